The number of carbonyl (C=O) groups is 1. The largest absolute Gasteiger partial charge is 0.494 e. The fourth-order valence-electron chi connectivity index (χ4n) is 2.23. The number of para-hydroxylation sites is 1. The van der Waals surface area contributed by atoms with Crippen LogP contribution in [-0.2, 0) is 0 Å². The van der Waals surface area contributed by atoms with Gasteiger partial charge in [0.25, 0.3) is 0 Å². The summed E-state index contributed by atoms with van der Waals surface area (Å²) in [6.45, 7) is 2.45. The number of rotatable bonds is 6. The smallest absolute Gasteiger partial charge is 0.206 e. The minimum absolute atomic E-state index is 0.114. The van der Waals surface area contributed by atoms with Gasteiger partial charge in [0.2, 0.25) is 5.78 Å². The number of benzene rings is 2. The molecule has 0 aliphatic carbocycles. The molecular formula is C18H16FN3O2S. The molecule has 2 aromatic carbocycles. The van der Waals surface area contributed by atoms with Crippen LogP contribution >= 0.6 is 11.3 Å². The van der Waals surface area contributed by atoms with Gasteiger partial charge in [-0.1, -0.05) is 23.5 Å². The summed E-state index contributed by atoms with van der Waals surface area (Å²) in [5.74, 6) is 0.163. The topological polar surface area (TPSA) is 77.2 Å². The Balaban J connectivity index is 1.82. The minimum Gasteiger partial charge on any atom is -0.494 e. The van der Waals surface area contributed by atoms with Crippen LogP contribution in [0.4, 0.5) is 21.0 Å². The number of hydrogen-bond acceptors (Lipinski definition) is 6. The molecule has 25 heavy (non-hydrogen) atoms. The number of aromatic nitrogens is 1. The van der Waals surface area contributed by atoms with Crippen LogP contribution in [0.25, 0.3) is 0 Å². The fourth-order valence-corrected chi connectivity index (χ4v) is 3.09. The van der Waals surface area contributed by atoms with Crippen molar-refractivity contribution in [2.45, 2.75) is 6.92 Å². The van der Waals surface area contributed by atoms with E-state index in [1.54, 1.807) is 42.5 Å². The first kappa shape index (κ1) is 16.9. The molecule has 128 valence electrons. The zero-order valence-electron chi connectivity index (χ0n) is 13.5. The second-order valence-corrected chi connectivity index (χ2v) is 6.12. The number of halogens is 1. The molecular weight excluding hydrogens is 341 g/mol. The van der Waals surface area contributed by atoms with E-state index in [1.165, 1.54) is 6.07 Å². The Morgan fingerprint density at radius 2 is 1.96 bits per heavy atom. The Bertz CT molecular complexity index is 894. The number of hydrogen-bond donors (Lipinski definition) is 2. The first-order valence-electron chi connectivity index (χ1n) is 7.64. The molecule has 0 radical (unpaired) electrons. The van der Waals surface area contributed by atoms with Crippen LogP contribution in [0, 0.1) is 5.82 Å². The highest BCUT2D eigenvalue weighted by Gasteiger charge is 2.18. The standard InChI is InChI=1S/C18H16FN3O2S/c1-2-24-12-9-7-11(8-10-12)15(23)16-17(20)22-18(25-16)21-14-6-4-3-5-13(14)19/h3-10H,2,20H2,1H3,(H,21,22). The van der Waals surface area contributed by atoms with Crippen molar-refractivity contribution in [3.63, 3.8) is 0 Å². The van der Waals surface area contributed by atoms with Crippen molar-refractivity contribution in [1.29, 1.82) is 0 Å². The van der Waals surface area contributed by atoms with Gasteiger partial charge >= 0.3 is 0 Å². The molecule has 0 amide bonds. The van der Waals surface area contributed by atoms with E-state index in [1.807, 2.05) is 6.92 Å². The second-order valence-electron chi connectivity index (χ2n) is 5.12. The molecule has 3 rings (SSSR count). The van der Waals surface area contributed by atoms with E-state index in [-0.39, 0.29) is 17.3 Å². The fraction of sp³-hybridized carbons (Fsp3) is 0.111. The summed E-state index contributed by atoms with van der Waals surface area (Å²) in [4.78, 5) is 17.0. The monoisotopic (exact) mass is 357 g/mol. The number of anilines is 3. The lowest BCUT2D eigenvalue weighted by Gasteiger charge is -2.04. The molecule has 0 fully saturated rings. The highest BCUT2D eigenvalue weighted by Crippen LogP contribution is 2.30. The van der Waals surface area contributed by atoms with Crippen molar-refractivity contribution in [2.75, 3.05) is 17.7 Å². The van der Waals surface area contributed by atoms with E-state index in [0.29, 0.717) is 27.9 Å². The van der Waals surface area contributed by atoms with Gasteiger partial charge in [0.1, 0.15) is 22.3 Å². The lowest BCUT2D eigenvalue weighted by atomic mass is 10.1. The zero-order valence-corrected chi connectivity index (χ0v) is 14.3. The summed E-state index contributed by atoms with van der Waals surface area (Å²) in [6, 6.07) is 13.0. The second kappa shape index (κ2) is 7.31. The van der Waals surface area contributed by atoms with E-state index in [4.69, 9.17) is 10.5 Å². The van der Waals surface area contributed by atoms with Gasteiger partial charge in [-0.2, -0.15) is 0 Å². The quantitative estimate of drug-likeness (QED) is 0.645. The number of ether oxygens (including phenoxy) is 1. The van der Waals surface area contributed by atoms with Crippen LogP contribution < -0.4 is 15.8 Å². The molecule has 0 unspecified atom stereocenters. The molecule has 7 heteroatoms. The number of carbonyl (C=O) groups excluding carboxylic acids is 1. The van der Waals surface area contributed by atoms with E-state index >= 15 is 0 Å². The molecule has 0 aliphatic rings. The molecule has 0 spiro atoms. The summed E-state index contributed by atoms with van der Waals surface area (Å²) in [6.07, 6.45) is 0. The highest BCUT2D eigenvalue weighted by atomic mass is 32.1. The van der Waals surface area contributed by atoms with E-state index in [2.05, 4.69) is 10.3 Å². The highest BCUT2D eigenvalue weighted by molar-refractivity contribution is 7.18. The first-order valence-corrected chi connectivity index (χ1v) is 8.45. The summed E-state index contributed by atoms with van der Waals surface area (Å²) in [5, 5.41) is 3.20. The summed E-state index contributed by atoms with van der Waals surface area (Å²) in [5.41, 5.74) is 6.63. The Kier molecular flexibility index (Phi) is 4.95. The molecule has 0 saturated carbocycles. The molecule has 5 nitrogen and oxygen atoms in total. The molecule has 0 bridgehead atoms. The van der Waals surface area contributed by atoms with Gasteiger partial charge in [0.05, 0.1) is 12.3 Å². The maximum Gasteiger partial charge on any atom is 0.206 e. The van der Waals surface area contributed by atoms with Crippen LogP contribution in [0.15, 0.2) is 48.5 Å². The maximum atomic E-state index is 13.7. The number of nitrogens with zero attached hydrogens (tertiary/aromatic N) is 1. The third-order valence-corrected chi connectivity index (χ3v) is 4.39. The van der Waals surface area contributed by atoms with Crippen LogP contribution in [0.2, 0.25) is 0 Å². The van der Waals surface area contributed by atoms with Gasteiger partial charge in [-0.3, -0.25) is 4.79 Å². The van der Waals surface area contributed by atoms with E-state index in [0.717, 1.165) is 11.3 Å². The average Bonchev–Trinajstić information content (AvgIpc) is 2.98. The van der Waals surface area contributed by atoms with Crippen LogP contribution in [-0.4, -0.2) is 17.4 Å². The molecule has 1 heterocycles. The maximum absolute atomic E-state index is 13.7. The SMILES string of the molecule is CCOc1ccc(C(=O)c2sc(Nc3ccccc3F)nc2N)cc1. The average molecular weight is 357 g/mol. The van der Waals surface area contributed by atoms with Crippen molar-refractivity contribution in [3.05, 3.63) is 64.8 Å². The van der Waals surface area contributed by atoms with E-state index < -0.39 is 5.82 Å². The number of nitrogen functional groups attached to an aromatic ring is 1. The molecule has 3 N–H and O–H groups in total. The number of ketones is 1. The Morgan fingerprint density at radius 3 is 2.64 bits per heavy atom. The van der Waals surface area contributed by atoms with Crippen molar-refractivity contribution in [2.24, 2.45) is 0 Å². The van der Waals surface area contributed by atoms with Gasteiger partial charge < -0.3 is 15.8 Å². The molecule has 1 aromatic heterocycles. The Morgan fingerprint density at radius 1 is 1.24 bits per heavy atom. The van der Waals surface area contributed by atoms with E-state index in [9.17, 15) is 9.18 Å². The lowest BCUT2D eigenvalue weighted by Crippen LogP contribution is -2.02. The van der Waals surface area contributed by atoms with Crippen molar-refractivity contribution < 1.29 is 13.9 Å². The van der Waals surface area contributed by atoms with Crippen molar-refractivity contribution in [1.82, 2.24) is 4.98 Å². The third kappa shape index (κ3) is 3.77. The Hall–Kier alpha value is -2.93. The van der Waals surface area contributed by atoms with Crippen LogP contribution in [0.1, 0.15) is 22.2 Å². The van der Waals surface area contributed by atoms with Gasteiger partial charge in [-0.15, -0.1) is 0 Å². The number of nitrogens with two attached hydrogens (primary N) is 1. The molecule has 0 saturated heterocycles. The predicted octanol–water partition coefficient (Wildman–Crippen LogP) is 4.24. The minimum atomic E-state index is -0.407. The van der Waals surface area contributed by atoms with Gasteiger partial charge in [-0.05, 0) is 43.3 Å². The normalized spacial score (nSPS) is 10.5. The molecule has 3 aromatic rings. The Labute approximate surface area is 148 Å². The summed E-state index contributed by atoms with van der Waals surface area (Å²) >= 11 is 1.09. The molecule has 0 atom stereocenters. The number of thiazole rings is 1. The van der Waals surface area contributed by atoms with Gasteiger partial charge in [0, 0.05) is 5.56 Å². The van der Waals surface area contributed by atoms with Crippen LogP contribution in [0.5, 0.6) is 5.75 Å². The predicted molar refractivity (Wildman–Crippen MR) is 97.3 cm³/mol. The van der Waals surface area contributed by atoms with Crippen molar-refractivity contribution in [3.8, 4) is 5.75 Å². The number of nitrogens with one attached hydrogen (secondary N) is 1. The summed E-state index contributed by atoms with van der Waals surface area (Å²) < 4.78 is 19.1. The third-order valence-electron chi connectivity index (χ3n) is 3.40. The van der Waals surface area contributed by atoms with Crippen LogP contribution in [0.3, 0.4) is 0 Å². The molecule has 0 aliphatic heterocycles. The first-order chi connectivity index (χ1) is 12.1. The van der Waals surface area contributed by atoms with Gasteiger partial charge in [0.15, 0.2) is 5.13 Å². The lowest BCUT2D eigenvalue weighted by molar-refractivity contribution is 0.104. The van der Waals surface area contributed by atoms with Gasteiger partial charge in [-0.25, -0.2) is 9.37 Å². The van der Waals surface area contributed by atoms with Crippen molar-refractivity contribution >= 4 is 33.8 Å². The summed E-state index contributed by atoms with van der Waals surface area (Å²) in [7, 11) is 0. The zero-order chi connectivity index (χ0) is 17.8.